The summed E-state index contributed by atoms with van der Waals surface area (Å²) >= 11 is 5.29. The van der Waals surface area contributed by atoms with Gasteiger partial charge in [-0.05, 0) is 37.4 Å². The Morgan fingerprint density at radius 2 is 2.15 bits per heavy atom. The minimum Gasteiger partial charge on any atom is -0.366 e. The lowest BCUT2D eigenvalue weighted by molar-refractivity contribution is 0.190. The molecule has 1 unspecified atom stereocenters. The van der Waals surface area contributed by atoms with Crippen LogP contribution in [0.1, 0.15) is 33.1 Å². The first-order valence-electron chi connectivity index (χ1n) is 5.15. The summed E-state index contributed by atoms with van der Waals surface area (Å²) in [6, 6.07) is 0.647. The van der Waals surface area contributed by atoms with E-state index in [2.05, 4.69) is 24.1 Å². The van der Waals surface area contributed by atoms with Gasteiger partial charge in [0.15, 0.2) is 5.11 Å². The first-order chi connectivity index (χ1) is 6.16. The van der Waals surface area contributed by atoms with Crippen molar-refractivity contribution in [3.63, 3.8) is 0 Å². The molecular formula is C10H20N2S. The van der Waals surface area contributed by atoms with Crippen molar-refractivity contribution < 1.29 is 0 Å². The van der Waals surface area contributed by atoms with Gasteiger partial charge in [-0.1, -0.05) is 13.8 Å². The molecule has 0 aliphatic carbocycles. The summed E-state index contributed by atoms with van der Waals surface area (Å²) in [5, 5.41) is 3.99. The predicted molar refractivity (Wildman–Crippen MR) is 60.8 cm³/mol. The highest BCUT2D eigenvalue weighted by Gasteiger charge is 2.25. The van der Waals surface area contributed by atoms with Gasteiger partial charge in [-0.2, -0.15) is 0 Å². The van der Waals surface area contributed by atoms with E-state index in [0.29, 0.717) is 12.0 Å². The van der Waals surface area contributed by atoms with Crippen LogP contribution < -0.4 is 5.32 Å². The molecule has 2 nitrogen and oxygen atoms in total. The van der Waals surface area contributed by atoms with Crippen LogP contribution in [0, 0.1) is 5.92 Å². The highest BCUT2D eigenvalue weighted by molar-refractivity contribution is 7.80. The molecule has 3 heteroatoms. The second-order valence-corrected chi connectivity index (χ2v) is 4.44. The summed E-state index contributed by atoms with van der Waals surface area (Å²) in [6.45, 7) is 5.69. The zero-order valence-corrected chi connectivity index (χ0v) is 9.66. The monoisotopic (exact) mass is 200 g/mol. The molecule has 0 aromatic carbocycles. The van der Waals surface area contributed by atoms with Gasteiger partial charge in [-0.3, -0.25) is 0 Å². The average molecular weight is 200 g/mol. The molecule has 0 amide bonds. The van der Waals surface area contributed by atoms with Gasteiger partial charge in [0, 0.05) is 19.6 Å². The van der Waals surface area contributed by atoms with Crippen LogP contribution in [-0.2, 0) is 0 Å². The van der Waals surface area contributed by atoms with Crippen LogP contribution in [0.2, 0.25) is 0 Å². The molecule has 0 bridgehead atoms. The molecule has 1 heterocycles. The lowest BCUT2D eigenvalue weighted by Crippen LogP contribution is -2.49. The third-order valence-electron chi connectivity index (χ3n) is 2.79. The van der Waals surface area contributed by atoms with E-state index in [-0.39, 0.29) is 0 Å². The zero-order chi connectivity index (χ0) is 9.84. The molecule has 76 valence electrons. The summed E-state index contributed by atoms with van der Waals surface area (Å²) in [7, 11) is 1.91. The van der Waals surface area contributed by atoms with Gasteiger partial charge in [-0.15, -0.1) is 0 Å². The van der Waals surface area contributed by atoms with E-state index >= 15 is 0 Å². The summed E-state index contributed by atoms with van der Waals surface area (Å²) in [5.74, 6) is 0.701. The molecule has 1 N–H and O–H groups in total. The molecular weight excluding hydrogens is 180 g/mol. The molecule has 1 aliphatic heterocycles. The Kier molecular flexibility index (Phi) is 3.97. The fourth-order valence-electron chi connectivity index (χ4n) is 2.05. The second kappa shape index (κ2) is 4.80. The fraction of sp³-hybridized carbons (Fsp3) is 0.900. The molecule has 0 radical (unpaired) electrons. The summed E-state index contributed by atoms with van der Waals surface area (Å²) in [5.41, 5.74) is 0. The van der Waals surface area contributed by atoms with Crippen LogP contribution in [0.15, 0.2) is 0 Å². The maximum absolute atomic E-state index is 5.29. The number of nitrogens with one attached hydrogen (secondary N) is 1. The number of hydrogen-bond acceptors (Lipinski definition) is 1. The van der Waals surface area contributed by atoms with Crippen molar-refractivity contribution in [2.24, 2.45) is 5.92 Å². The number of piperidine rings is 1. The Morgan fingerprint density at radius 1 is 1.46 bits per heavy atom. The van der Waals surface area contributed by atoms with Gasteiger partial charge in [-0.25, -0.2) is 0 Å². The standard InChI is InChI=1S/C10H20N2S/c1-8(2)9-6-4-5-7-12(9)10(13)11-3/h8-9H,4-7H2,1-3H3,(H,11,13). The van der Waals surface area contributed by atoms with Gasteiger partial charge >= 0.3 is 0 Å². The number of likely N-dealkylation sites (tertiary alicyclic amines) is 1. The van der Waals surface area contributed by atoms with Crippen LogP contribution in [0.5, 0.6) is 0 Å². The maximum Gasteiger partial charge on any atom is 0.168 e. The van der Waals surface area contributed by atoms with E-state index in [1.54, 1.807) is 0 Å². The lowest BCUT2D eigenvalue weighted by Gasteiger charge is -2.39. The van der Waals surface area contributed by atoms with Crippen molar-refractivity contribution >= 4 is 17.3 Å². The van der Waals surface area contributed by atoms with E-state index in [4.69, 9.17) is 12.2 Å². The van der Waals surface area contributed by atoms with E-state index in [1.807, 2.05) is 7.05 Å². The maximum atomic E-state index is 5.29. The highest BCUT2D eigenvalue weighted by Crippen LogP contribution is 2.22. The normalized spacial score (nSPS) is 23.4. The third kappa shape index (κ3) is 2.56. The molecule has 0 saturated carbocycles. The van der Waals surface area contributed by atoms with Crippen molar-refractivity contribution in [2.45, 2.75) is 39.2 Å². The van der Waals surface area contributed by atoms with Crippen molar-refractivity contribution in [3.8, 4) is 0 Å². The highest BCUT2D eigenvalue weighted by atomic mass is 32.1. The van der Waals surface area contributed by atoms with Gasteiger partial charge in [0.25, 0.3) is 0 Å². The minimum absolute atomic E-state index is 0.647. The molecule has 1 fully saturated rings. The molecule has 1 saturated heterocycles. The van der Waals surface area contributed by atoms with Gasteiger partial charge in [0.05, 0.1) is 0 Å². The van der Waals surface area contributed by atoms with E-state index in [0.717, 1.165) is 11.7 Å². The Labute approximate surface area is 86.7 Å². The Balaban J connectivity index is 2.61. The van der Waals surface area contributed by atoms with Crippen LogP contribution in [0.3, 0.4) is 0 Å². The van der Waals surface area contributed by atoms with E-state index < -0.39 is 0 Å². The third-order valence-corrected chi connectivity index (χ3v) is 3.23. The minimum atomic E-state index is 0.647. The number of hydrogen-bond donors (Lipinski definition) is 1. The number of thiocarbonyl (C=S) groups is 1. The lowest BCUT2D eigenvalue weighted by atomic mass is 9.93. The van der Waals surface area contributed by atoms with Crippen molar-refractivity contribution in [3.05, 3.63) is 0 Å². The zero-order valence-electron chi connectivity index (χ0n) is 8.84. The largest absolute Gasteiger partial charge is 0.366 e. The van der Waals surface area contributed by atoms with E-state index in [9.17, 15) is 0 Å². The second-order valence-electron chi connectivity index (χ2n) is 4.06. The van der Waals surface area contributed by atoms with Crippen molar-refractivity contribution in [2.75, 3.05) is 13.6 Å². The summed E-state index contributed by atoms with van der Waals surface area (Å²) in [6.07, 6.45) is 3.93. The molecule has 0 aromatic heterocycles. The Hall–Kier alpha value is -0.310. The van der Waals surface area contributed by atoms with Crippen LogP contribution in [-0.4, -0.2) is 29.6 Å². The first-order valence-corrected chi connectivity index (χ1v) is 5.56. The summed E-state index contributed by atoms with van der Waals surface area (Å²) < 4.78 is 0. The quantitative estimate of drug-likeness (QED) is 0.652. The predicted octanol–water partition coefficient (Wildman–Crippen LogP) is 2.00. The fourth-order valence-corrected chi connectivity index (χ4v) is 2.27. The molecule has 1 atom stereocenters. The van der Waals surface area contributed by atoms with Crippen molar-refractivity contribution in [1.29, 1.82) is 0 Å². The van der Waals surface area contributed by atoms with Gasteiger partial charge in [0.1, 0.15) is 0 Å². The van der Waals surface area contributed by atoms with Crippen LogP contribution in [0.4, 0.5) is 0 Å². The SMILES string of the molecule is CNC(=S)N1CCCCC1C(C)C. The molecule has 0 spiro atoms. The van der Waals surface area contributed by atoms with E-state index in [1.165, 1.54) is 19.3 Å². The van der Waals surface area contributed by atoms with Gasteiger partial charge < -0.3 is 10.2 Å². The summed E-state index contributed by atoms with van der Waals surface area (Å²) in [4.78, 5) is 2.35. The van der Waals surface area contributed by atoms with Crippen LogP contribution in [0.25, 0.3) is 0 Å². The Bertz CT molecular complexity index is 180. The smallest absolute Gasteiger partial charge is 0.168 e. The molecule has 1 aliphatic rings. The Morgan fingerprint density at radius 3 is 2.69 bits per heavy atom. The molecule has 13 heavy (non-hydrogen) atoms. The topological polar surface area (TPSA) is 15.3 Å². The first kappa shape index (κ1) is 10.8. The van der Waals surface area contributed by atoms with Crippen molar-refractivity contribution in [1.82, 2.24) is 10.2 Å². The average Bonchev–Trinajstić information content (AvgIpc) is 2.16. The number of nitrogens with zero attached hydrogens (tertiary/aromatic N) is 1. The molecule has 1 rings (SSSR count). The van der Waals surface area contributed by atoms with Crippen LogP contribution >= 0.6 is 12.2 Å². The van der Waals surface area contributed by atoms with Gasteiger partial charge in [0.2, 0.25) is 0 Å². The number of rotatable bonds is 1. The molecule has 0 aromatic rings.